The average molecular weight is 549 g/mol. The number of halogens is 2. The quantitative estimate of drug-likeness (QED) is 0.216. The predicted octanol–water partition coefficient (Wildman–Crippen LogP) is 5.04. The summed E-state index contributed by atoms with van der Waals surface area (Å²) in [5.74, 6) is 0.472. The molecular formula is C27H35Cl2N5O3. The van der Waals surface area contributed by atoms with Crippen LogP contribution in [0.5, 0.6) is 0 Å². The van der Waals surface area contributed by atoms with Gasteiger partial charge in [0.05, 0.1) is 30.4 Å². The maximum absolute atomic E-state index is 13.2. The summed E-state index contributed by atoms with van der Waals surface area (Å²) in [7, 11) is 0. The van der Waals surface area contributed by atoms with E-state index in [4.69, 9.17) is 33.7 Å². The zero-order valence-corrected chi connectivity index (χ0v) is 23.0. The Labute approximate surface area is 227 Å². The first-order valence-electron chi connectivity index (χ1n) is 12.2. The molecule has 2 heterocycles. The highest BCUT2D eigenvalue weighted by Crippen LogP contribution is 2.30. The van der Waals surface area contributed by atoms with Crippen LogP contribution in [0.4, 0.5) is 5.82 Å². The number of pyridine rings is 1. The van der Waals surface area contributed by atoms with Gasteiger partial charge < -0.3 is 31.2 Å². The number of nitrogens with one attached hydrogen (secondary N) is 3. The third-order valence-electron chi connectivity index (χ3n) is 5.87. The minimum Gasteiger partial charge on any atom is -0.389 e. The number of benzene rings is 1. The molecule has 3 rings (SSSR count). The molecule has 0 radical (unpaired) electrons. The number of aromatic amines is 1. The van der Waals surface area contributed by atoms with E-state index in [1.54, 1.807) is 36.7 Å². The first kappa shape index (κ1) is 28.9. The van der Waals surface area contributed by atoms with Crippen molar-refractivity contribution in [1.29, 1.82) is 0 Å². The van der Waals surface area contributed by atoms with Crippen LogP contribution in [0.2, 0.25) is 10.0 Å². The van der Waals surface area contributed by atoms with E-state index >= 15 is 0 Å². The lowest BCUT2D eigenvalue weighted by molar-refractivity contribution is 0.00799. The molecule has 1 amide bonds. The van der Waals surface area contributed by atoms with Crippen LogP contribution in [0, 0.1) is 5.92 Å². The molecule has 0 saturated heterocycles. The third-order valence-corrected chi connectivity index (χ3v) is 6.41. The van der Waals surface area contributed by atoms with E-state index in [9.17, 15) is 9.90 Å². The second kappa shape index (κ2) is 13.3. The zero-order chi connectivity index (χ0) is 27.1. The molecule has 8 nitrogen and oxygen atoms in total. The van der Waals surface area contributed by atoms with Gasteiger partial charge in [-0.05, 0) is 49.6 Å². The van der Waals surface area contributed by atoms with Gasteiger partial charge in [-0.15, -0.1) is 0 Å². The van der Waals surface area contributed by atoms with Crippen molar-refractivity contribution in [2.45, 2.75) is 51.9 Å². The van der Waals surface area contributed by atoms with Crippen LogP contribution in [0.1, 0.15) is 49.8 Å². The van der Waals surface area contributed by atoms with Gasteiger partial charge >= 0.3 is 0 Å². The molecular weight excluding hydrogens is 513 g/mol. The van der Waals surface area contributed by atoms with Crippen molar-refractivity contribution in [2.75, 3.05) is 18.5 Å². The predicted molar refractivity (Wildman–Crippen MR) is 149 cm³/mol. The summed E-state index contributed by atoms with van der Waals surface area (Å²) in [5.41, 5.74) is 8.66. The molecule has 0 spiro atoms. The normalized spacial score (nSPS) is 14.0. The lowest BCUT2D eigenvalue weighted by Gasteiger charge is -2.24. The van der Waals surface area contributed by atoms with Crippen molar-refractivity contribution in [3.05, 3.63) is 70.1 Å². The van der Waals surface area contributed by atoms with Crippen molar-refractivity contribution in [1.82, 2.24) is 15.3 Å². The number of nitrogens with zero attached hydrogens (tertiary/aromatic N) is 1. The van der Waals surface area contributed by atoms with Crippen molar-refractivity contribution in [3.8, 4) is 11.1 Å². The minimum absolute atomic E-state index is 0.0478. The van der Waals surface area contributed by atoms with Crippen LogP contribution in [-0.4, -0.2) is 52.4 Å². The molecule has 0 saturated carbocycles. The van der Waals surface area contributed by atoms with Gasteiger partial charge in [-0.2, -0.15) is 0 Å². The molecule has 2 aromatic heterocycles. The Morgan fingerprint density at radius 3 is 2.59 bits per heavy atom. The summed E-state index contributed by atoms with van der Waals surface area (Å²) in [6.07, 6.45) is 2.49. The van der Waals surface area contributed by atoms with Crippen LogP contribution in [0.25, 0.3) is 11.1 Å². The van der Waals surface area contributed by atoms with E-state index in [1.807, 2.05) is 39.8 Å². The standard InChI is InChI=1S/C27H35Cl2N5O3/c1-15(2)26(30)24(35)14-37-13-23(17-6-5-7-19(28)8-17)34-27(36)22-9-18(11-31-22)20-10-25(33-16(3)4)32-12-21(20)29/h5-12,15-16,23-24,26,31,35H,13-14,30H2,1-4H3,(H,32,33)(H,34,36)/t23-,24?,26+/m1/s1. The number of H-pyrrole nitrogens is 1. The van der Waals surface area contributed by atoms with Gasteiger partial charge in [-0.3, -0.25) is 4.79 Å². The van der Waals surface area contributed by atoms with Gasteiger partial charge in [-0.1, -0.05) is 49.2 Å². The van der Waals surface area contributed by atoms with Crippen molar-refractivity contribution < 1.29 is 14.6 Å². The van der Waals surface area contributed by atoms with E-state index in [2.05, 4.69) is 20.6 Å². The summed E-state index contributed by atoms with van der Waals surface area (Å²) in [6, 6.07) is 10.1. The summed E-state index contributed by atoms with van der Waals surface area (Å²) in [5, 5.41) is 17.6. The molecule has 0 aliphatic rings. The van der Waals surface area contributed by atoms with Gasteiger partial charge in [0.1, 0.15) is 11.5 Å². The molecule has 0 aliphatic heterocycles. The summed E-state index contributed by atoms with van der Waals surface area (Å²) in [4.78, 5) is 20.5. The van der Waals surface area contributed by atoms with Gasteiger partial charge in [0.2, 0.25) is 0 Å². The lowest BCUT2D eigenvalue weighted by atomic mass is 10.0. The molecule has 6 N–H and O–H groups in total. The van der Waals surface area contributed by atoms with Crippen LogP contribution in [-0.2, 0) is 4.74 Å². The van der Waals surface area contributed by atoms with Crippen molar-refractivity contribution in [3.63, 3.8) is 0 Å². The molecule has 0 fully saturated rings. The number of carbonyl (C=O) groups excluding carboxylic acids is 1. The molecule has 3 aromatic rings. The van der Waals surface area contributed by atoms with Gasteiger partial charge in [0.25, 0.3) is 5.91 Å². The van der Waals surface area contributed by atoms with Gasteiger partial charge in [0, 0.05) is 40.6 Å². The van der Waals surface area contributed by atoms with Gasteiger partial charge in [-0.25, -0.2) is 4.98 Å². The fourth-order valence-electron chi connectivity index (χ4n) is 3.76. The number of carbonyl (C=O) groups is 1. The van der Waals surface area contributed by atoms with E-state index in [1.165, 1.54) is 0 Å². The fourth-order valence-corrected chi connectivity index (χ4v) is 4.17. The first-order chi connectivity index (χ1) is 17.5. The molecule has 0 aliphatic carbocycles. The number of aliphatic hydroxyl groups excluding tert-OH is 1. The molecule has 1 unspecified atom stereocenters. The maximum atomic E-state index is 13.2. The second-order valence-corrected chi connectivity index (χ2v) is 10.5. The smallest absolute Gasteiger partial charge is 0.268 e. The van der Waals surface area contributed by atoms with E-state index in [0.717, 1.165) is 16.7 Å². The summed E-state index contributed by atoms with van der Waals surface area (Å²) in [6.45, 7) is 8.10. The van der Waals surface area contributed by atoms with E-state index in [0.29, 0.717) is 21.6 Å². The maximum Gasteiger partial charge on any atom is 0.268 e. The van der Waals surface area contributed by atoms with Crippen LogP contribution >= 0.6 is 23.2 Å². The number of aromatic nitrogens is 2. The molecule has 1 aromatic carbocycles. The van der Waals surface area contributed by atoms with E-state index in [-0.39, 0.29) is 31.1 Å². The van der Waals surface area contributed by atoms with Crippen LogP contribution < -0.4 is 16.4 Å². The number of ether oxygens (including phenoxy) is 1. The van der Waals surface area contributed by atoms with E-state index < -0.39 is 18.2 Å². The number of rotatable bonds is 12. The number of amides is 1. The number of nitrogens with two attached hydrogens (primary N) is 1. The summed E-state index contributed by atoms with van der Waals surface area (Å²) < 4.78 is 5.77. The largest absolute Gasteiger partial charge is 0.389 e. The highest BCUT2D eigenvalue weighted by Gasteiger charge is 2.22. The zero-order valence-electron chi connectivity index (χ0n) is 21.5. The fraction of sp³-hybridized carbons (Fsp3) is 0.407. The Hall–Kier alpha value is -2.62. The Balaban J connectivity index is 1.75. The lowest BCUT2D eigenvalue weighted by Crippen LogP contribution is -2.42. The van der Waals surface area contributed by atoms with Crippen LogP contribution in [0.3, 0.4) is 0 Å². The highest BCUT2D eigenvalue weighted by atomic mass is 35.5. The Morgan fingerprint density at radius 1 is 1.16 bits per heavy atom. The Morgan fingerprint density at radius 2 is 1.92 bits per heavy atom. The minimum atomic E-state index is -0.818. The number of anilines is 1. The molecule has 0 bridgehead atoms. The average Bonchev–Trinajstić information content (AvgIpc) is 3.34. The molecule has 3 atom stereocenters. The van der Waals surface area contributed by atoms with Crippen molar-refractivity contribution >= 4 is 34.9 Å². The topological polar surface area (TPSA) is 125 Å². The Bertz CT molecular complexity index is 1180. The van der Waals surface area contributed by atoms with Gasteiger partial charge in [0.15, 0.2) is 0 Å². The third kappa shape index (κ3) is 8.18. The molecule has 37 heavy (non-hydrogen) atoms. The summed E-state index contributed by atoms with van der Waals surface area (Å²) >= 11 is 12.6. The van der Waals surface area contributed by atoms with Crippen molar-refractivity contribution in [2.24, 2.45) is 11.7 Å². The number of aliphatic hydroxyl groups is 1. The number of hydrogen-bond donors (Lipinski definition) is 5. The second-order valence-electron chi connectivity index (χ2n) is 9.66. The molecule has 10 heteroatoms. The monoisotopic (exact) mass is 547 g/mol. The Kier molecular flexibility index (Phi) is 10.4. The molecule has 200 valence electrons. The highest BCUT2D eigenvalue weighted by molar-refractivity contribution is 6.33. The number of hydrogen-bond acceptors (Lipinski definition) is 6. The van der Waals surface area contributed by atoms with Crippen LogP contribution in [0.15, 0.2) is 48.8 Å². The first-order valence-corrected chi connectivity index (χ1v) is 13.0. The SMILES string of the molecule is CC(C)Nc1cc(-c2c[nH]c(C(=O)N[C@H](COCC(O)[C@@H](N)C(C)C)c3cccc(Cl)c3)c2)c(Cl)cn1.